The molecule has 3 aromatic carbocycles. The van der Waals surface area contributed by atoms with Gasteiger partial charge in [0.2, 0.25) is 0 Å². The minimum absolute atomic E-state index is 0.0277. The zero-order valence-corrected chi connectivity index (χ0v) is 19.7. The molecule has 1 amide bonds. The molecule has 0 spiro atoms. The van der Waals surface area contributed by atoms with Crippen LogP contribution >= 0.6 is 11.6 Å². The summed E-state index contributed by atoms with van der Waals surface area (Å²) in [5.41, 5.74) is 3.69. The van der Waals surface area contributed by atoms with E-state index < -0.39 is 15.9 Å². The van der Waals surface area contributed by atoms with E-state index in [0.29, 0.717) is 5.69 Å². The number of halogens is 1. The van der Waals surface area contributed by atoms with Crippen molar-refractivity contribution < 1.29 is 17.9 Å². The van der Waals surface area contributed by atoms with E-state index in [1.165, 1.54) is 18.2 Å². The van der Waals surface area contributed by atoms with Crippen molar-refractivity contribution in [3.8, 4) is 5.75 Å². The summed E-state index contributed by atoms with van der Waals surface area (Å²) in [6, 6.07) is 16.9. The Morgan fingerprint density at radius 1 is 1.00 bits per heavy atom. The molecule has 0 atom stereocenters. The van der Waals surface area contributed by atoms with Gasteiger partial charge >= 0.3 is 0 Å². The van der Waals surface area contributed by atoms with Crippen LogP contribution in [0.25, 0.3) is 0 Å². The summed E-state index contributed by atoms with van der Waals surface area (Å²) in [5, 5.41) is 2.76. The average Bonchev–Trinajstić information content (AvgIpc) is 2.73. The summed E-state index contributed by atoms with van der Waals surface area (Å²) in [5.74, 6) is 0.347. The molecule has 0 bridgehead atoms. The first kappa shape index (κ1) is 23.6. The molecule has 2 N–H and O–H groups in total. The number of nitrogens with one attached hydrogen (secondary N) is 2. The third kappa shape index (κ3) is 5.81. The third-order valence-electron chi connectivity index (χ3n) is 4.95. The standard InChI is InChI=1S/C24H25ClN2O4S/c1-16-6-4-8-20(14-16)27-32(29,30)23-15-19(10-11-21(23)25)24(28)26-12-13-31-22-9-5-7-17(2)18(22)3/h4-11,14-15,27H,12-13H2,1-3H3,(H,26,28). The normalized spacial score (nSPS) is 11.1. The van der Waals surface area contributed by atoms with Gasteiger partial charge in [-0.2, -0.15) is 0 Å². The van der Waals surface area contributed by atoms with Gasteiger partial charge in [-0.3, -0.25) is 9.52 Å². The number of benzene rings is 3. The van der Waals surface area contributed by atoms with Crippen molar-refractivity contribution >= 4 is 33.2 Å². The molecule has 168 valence electrons. The summed E-state index contributed by atoms with van der Waals surface area (Å²) < 4.78 is 33.9. The Balaban J connectivity index is 1.66. The number of hydrogen-bond donors (Lipinski definition) is 2. The van der Waals surface area contributed by atoms with Gasteiger partial charge in [-0.15, -0.1) is 0 Å². The lowest BCUT2D eigenvalue weighted by atomic mass is 10.1. The molecule has 0 fully saturated rings. The zero-order chi connectivity index (χ0) is 23.3. The molecule has 0 heterocycles. The average molecular weight is 473 g/mol. The molecule has 3 aromatic rings. The minimum atomic E-state index is -3.97. The fourth-order valence-corrected chi connectivity index (χ4v) is 4.65. The van der Waals surface area contributed by atoms with Crippen LogP contribution in [0.4, 0.5) is 5.69 Å². The van der Waals surface area contributed by atoms with Crippen LogP contribution in [0.5, 0.6) is 5.75 Å². The van der Waals surface area contributed by atoms with Crippen LogP contribution < -0.4 is 14.8 Å². The van der Waals surface area contributed by atoms with Gasteiger partial charge < -0.3 is 10.1 Å². The Hall–Kier alpha value is -3.03. The molecule has 0 aliphatic rings. The van der Waals surface area contributed by atoms with E-state index in [4.69, 9.17) is 16.3 Å². The SMILES string of the molecule is Cc1cccc(NS(=O)(=O)c2cc(C(=O)NCCOc3cccc(C)c3C)ccc2Cl)c1. The number of rotatable bonds is 8. The number of aryl methyl sites for hydroxylation is 2. The van der Waals surface area contributed by atoms with Gasteiger partial charge in [0.15, 0.2) is 0 Å². The van der Waals surface area contributed by atoms with E-state index in [1.807, 2.05) is 45.0 Å². The first-order valence-electron chi connectivity index (χ1n) is 10.0. The molecule has 0 saturated carbocycles. The largest absolute Gasteiger partial charge is 0.491 e. The minimum Gasteiger partial charge on any atom is -0.491 e. The molecule has 6 nitrogen and oxygen atoms in total. The molecule has 0 radical (unpaired) electrons. The van der Waals surface area contributed by atoms with Crippen LogP contribution in [-0.4, -0.2) is 27.5 Å². The van der Waals surface area contributed by atoms with Crippen LogP contribution in [0, 0.1) is 20.8 Å². The zero-order valence-electron chi connectivity index (χ0n) is 18.1. The number of ether oxygens (including phenoxy) is 1. The lowest BCUT2D eigenvalue weighted by Gasteiger charge is -2.13. The fraction of sp³-hybridized carbons (Fsp3) is 0.208. The molecule has 32 heavy (non-hydrogen) atoms. The van der Waals surface area contributed by atoms with Crippen LogP contribution in [0.2, 0.25) is 5.02 Å². The first-order chi connectivity index (χ1) is 15.2. The van der Waals surface area contributed by atoms with Crippen molar-refractivity contribution in [1.82, 2.24) is 5.32 Å². The monoisotopic (exact) mass is 472 g/mol. The summed E-state index contributed by atoms with van der Waals surface area (Å²) in [6.07, 6.45) is 0. The van der Waals surface area contributed by atoms with E-state index in [-0.39, 0.29) is 28.6 Å². The summed E-state index contributed by atoms with van der Waals surface area (Å²) in [6.45, 7) is 6.38. The molecular formula is C24H25ClN2O4S. The topological polar surface area (TPSA) is 84.5 Å². The van der Waals surface area contributed by atoms with E-state index in [2.05, 4.69) is 10.0 Å². The number of amides is 1. The number of carbonyl (C=O) groups excluding carboxylic acids is 1. The maximum absolute atomic E-state index is 12.8. The predicted octanol–water partition coefficient (Wildman–Crippen LogP) is 4.87. The van der Waals surface area contributed by atoms with Gasteiger partial charge in [0.05, 0.1) is 11.6 Å². The maximum atomic E-state index is 12.8. The number of hydrogen-bond acceptors (Lipinski definition) is 4. The molecule has 3 rings (SSSR count). The Morgan fingerprint density at radius 3 is 2.50 bits per heavy atom. The van der Waals surface area contributed by atoms with Gasteiger partial charge in [0.25, 0.3) is 15.9 Å². The van der Waals surface area contributed by atoms with Gasteiger partial charge in [0.1, 0.15) is 17.3 Å². The Morgan fingerprint density at radius 2 is 1.75 bits per heavy atom. The Bertz CT molecular complexity index is 1240. The first-order valence-corrected chi connectivity index (χ1v) is 11.9. The van der Waals surface area contributed by atoms with Gasteiger partial charge in [-0.25, -0.2) is 8.42 Å². The number of sulfonamides is 1. The van der Waals surface area contributed by atoms with Gasteiger partial charge in [0, 0.05) is 11.3 Å². The van der Waals surface area contributed by atoms with Crippen molar-refractivity contribution in [3.05, 3.63) is 87.9 Å². The second kappa shape index (κ2) is 10.1. The molecule has 0 unspecified atom stereocenters. The molecule has 8 heteroatoms. The summed E-state index contributed by atoms with van der Waals surface area (Å²) in [7, 11) is -3.97. The van der Waals surface area contributed by atoms with Crippen LogP contribution in [0.15, 0.2) is 65.6 Å². The van der Waals surface area contributed by atoms with Crippen LogP contribution in [0.1, 0.15) is 27.0 Å². The Labute approximate surface area is 193 Å². The molecular weight excluding hydrogens is 448 g/mol. The number of carbonyl (C=O) groups is 1. The summed E-state index contributed by atoms with van der Waals surface area (Å²) >= 11 is 6.13. The second-order valence-corrected chi connectivity index (χ2v) is 9.48. The van der Waals surface area contributed by atoms with Crippen LogP contribution in [0.3, 0.4) is 0 Å². The van der Waals surface area contributed by atoms with Crippen molar-refractivity contribution in [2.24, 2.45) is 0 Å². The predicted molar refractivity (Wildman–Crippen MR) is 127 cm³/mol. The highest BCUT2D eigenvalue weighted by Gasteiger charge is 2.20. The highest BCUT2D eigenvalue weighted by molar-refractivity contribution is 7.92. The number of anilines is 1. The summed E-state index contributed by atoms with van der Waals surface area (Å²) in [4.78, 5) is 12.4. The van der Waals surface area contributed by atoms with E-state index in [9.17, 15) is 13.2 Å². The second-order valence-electron chi connectivity index (χ2n) is 7.42. The highest BCUT2D eigenvalue weighted by atomic mass is 35.5. The fourth-order valence-electron chi connectivity index (χ4n) is 3.08. The highest BCUT2D eigenvalue weighted by Crippen LogP contribution is 2.25. The van der Waals surface area contributed by atoms with Crippen molar-refractivity contribution in [2.75, 3.05) is 17.9 Å². The van der Waals surface area contributed by atoms with Crippen LogP contribution in [-0.2, 0) is 10.0 Å². The van der Waals surface area contributed by atoms with Gasteiger partial charge in [-0.1, -0.05) is 35.9 Å². The molecule has 0 aliphatic carbocycles. The maximum Gasteiger partial charge on any atom is 0.263 e. The van der Waals surface area contributed by atoms with E-state index in [0.717, 1.165) is 22.4 Å². The van der Waals surface area contributed by atoms with E-state index in [1.54, 1.807) is 18.2 Å². The lowest BCUT2D eigenvalue weighted by Crippen LogP contribution is -2.28. The molecule has 0 aromatic heterocycles. The van der Waals surface area contributed by atoms with Gasteiger partial charge in [-0.05, 0) is 73.9 Å². The van der Waals surface area contributed by atoms with Crippen molar-refractivity contribution in [3.63, 3.8) is 0 Å². The quantitative estimate of drug-likeness (QED) is 0.458. The third-order valence-corrected chi connectivity index (χ3v) is 6.82. The van der Waals surface area contributed by atoms with E-state index >= 15 is 0 Å². The van der Waals surface area contributed by atoms with Crippen molar-refractivity contribution in [2.45, 2.75) is 25.7 Å². The Kier molecular flexibility index (Phi) is 7.43. The molecule has 0 aliphatic heterocycles. The van der Waals surface area contributed by atoms with Crippen molar-refractivity contribution in [1.29, 1.82) is 0 Å². The smallest absolute Gasteiger partial charge is 0.263 e. The lowest BCUT2D eigenvalue weighted by molar-refractivity contribution is 0.0946. The molecule has 0 saturated heterocycles.